The number of rotatable bonds is 4. The lowest BCUT2D eigenvalue weighted by atomic mass is 9.95. The second-order valence-electron chi connectivity index (χ2n) is 6.86. The Morgan fingerprint density at radius 2 is 1.82 bits per heavy atom. The summed E-state index contributed by atoms with van der Waals surface area (Å²) in [5.41, 5.74) is 0. The van der Waals surface area contributed by atoms with Gasteiger partial charge in [0.2, 0.25) is 11.8 Å². The molecule has 2 amide bonds. The van der Waals surface area contributed by atoms with Crippen LogP contribution in [-0.4, -0.2) is 55.8 Å². The van der Waals surface area contributed by atoms with Crippen LogP contribution in [0.25, 0.3) is 0 Å². The van der Waals surface area contributed by atoms with E-state index in [1.54, 1.807) is 0 Å². The lowest BCUT2D eigenvalue weighted by molar-refractivity contribution is -0.136. The molecule has 2 aliphatic heterocycles. The molecule has 126 valence electrons. The van der Waals surface area contributed by atoms with Crippen LogP contribution in [0.15, 0.2) is 0 Å². The zero-order valence-electron chi connectivity index (χ0n) is 13.4. The van der Waals surface area contributed by atoms with Crippen molar-refractivity contribution in [2.45, 2.75) is 45.6 Å². The van der Waals surface area contributed by atoms with Crippen LogP contribution in [0.1, 0.15) is 39.5 Å². The maximum absolute atomic E-state index is 12.2. The second kappa shape index (κ2) is 6.98. The summed E-state index contributed by atoms with van der Waals surface area (Å²) in [6, 6.07) is -0.238. The molecule has 2 saturated heterocycles. The first-order valence-electron chi connectivity index (χ1n) is 8.05. The maximum atomic E-state index is 12.2. The molecule has 0 aromatic heterocycles. The Bertz CT molecular complexity index is 522. The predicted molar refractivity (Wildman–Crippen MR) is 84.0 cm³/mol. The van der Waals surface area contributed by atoms with Gasteiger partial charge in [-0.05, 0) is 25.2 Å². The average Bonchev–Trinajstić information content (AvgIpc) is 2.77. The number of hydrogen-bond acceptors (Lipinski definition) is 4. The molecule has 2 fully saturated rings. The summed E-state index contributed by atoms with van der Waals surface area (Å²) in [6.45, 7) is 5.28. The van der Waals surface area contributed by atoms with Crippen LogP contribution in [0.4, 0.5) is 0 Å². The van der Waals surface area contributed by atoms with Gasteiger partial charge in [0.15, 0.2) is 9.84 Å². The van der Waals surface area contributed by atoms with Crippen molar-refractivity contribution >= 4 is 21.7 Å². The molecule has 2 heterocycles. The third-order valence-electron chi connectivity index (χ3n) is 4.38. The third-order valence-corrected chi connectivity index (χ3v) is 6.15. The highest BCUT2D eigenvalue weighted by molar-refractivity contribution is 7.91. The highest BCUT2D eigenvalue weighted by Crippen LogP contribution is 2.20. The smallest absolute Gasteiger partial charge is 0.223 e. The van der Waals surface area contributed by atoms with E-state index < -0.39 is 9.84 Å². The van der Waals surface area contributed by atoms with Crippen molar-refractivity contribution in [3.05, 3.63) is 0 Å². The molecule has 0 bridgehead atoms. The number of piperidine rings is 1. The first-order chi connectivity index (χ1) is 10.3. The van der Waals surface area contributed by atoms with Crippen molar-refractivity contribution in [1.82, 2.24) is 10.2 Å². The Kier molecular flexibility index (Phi) is 5.47. The minimum Gasteiger partial charge on any atom is -0.352 e. The Morgan fingerprint density at radius 3 is 2.32 bits per heavy atom. The Balaban J connectivity index is 1.77. The minimum atomic E-state index is -2.97. The first kappa shape index (κ1) is 17.2. The number of sulfone groups is 1. The average molecular weight is 330 g/mol. The van der Waals surface area contributed by atoms with Gasteiger partial charge in [0.05, 0.1) is 11.5 Å². The molecule has 0 aromatic carbocycles. The summed E-state index contributed by atoms with van der Waals surface area (Å²) in [5, 5.41) is 2.86. The van der Waals surface area contributed by atoms with E-state index in [0.717, 1.165) is 0 Å². The van der Waals surface area contributed by atoms with Crippen LogP contribution in [-0.2, 0) is 19.4 Å². The van der Waals surface area contributed by atoms with Crippen molar-refractivity contribution in [1.29, 1.82) is 0 Å². The van der Waals surface area contributed by atoms with Crippen LogP contribution in [0, 0.1) is 11.8 Å². The van der Waals surface area contributed by atoms with Crippen LogP contribution in [0.2, 0.25) is 0 Å². The van der Waals surface area contributed by atoms with Crippen LogP contribution in [0.5, 0.6) is 0 Å². The summed E-state index contributed by atoms with van der Waals surface area (Å²) in [6.07, 6.45) is 2.39. The molecule has 0 aromatic rings. The molecule has 1 atom stereocenters. The van der Waals surface area contributed by atoms with Crippen molar-refractivity contribution in [2.75, 3.05) is 24.6 Å². The fourth-order valence-corrected chi connectivity index (χ4v) is 4.77. The molecule has 1 N–H and O–H groups in total. The quantitative estimate of drug-likeness (QED) is 0.817. The van der Waals surface area contributed by atoms with E-state index in [2.05, 4.69) is 5.32 Å². The SMILES string of the molecule is CC(C)CC(=O)N1CCC(C(=O)NC2CCS(=O)(=O)C2)CC1. The van der Waals surface area contributed by atoms with Gasteiger partial charge in [0.25, 0.3) is 0 Å². The van der Waals surface area contributed by atoms with Crippen molar-refractivity contribution in [3.63, 3.8) is 0 Å². The predicted octanol–water partition coefficient (Wildman–Crippen LogP) is 0.574. The van der Waals surface area contributed by atoms with Crippen LogP contribution < -0.4 is 5.32 Å². The zero-order chi connectivity index (χ0) is 16.3. The molecule has 2 rings (SSSR count). The number of nitrogens with zero attached hydrogens (tertiary/aromatic N) is 1. The number of nitrogens with one attached hydrogen (secondary N) is 1. The maximum Gasteiger partial charge on any atom is 0.223 e. The summed E-state index contributed by atoms with van der Waals surface area (Å²) in [5.74, 6) is 0.572. The normalized spacial score (nSPS) is 25.4. The summed E-state index contributed by atoms with van der Waals surface area (Å²) in [7, 11) is -2.97. The van der Waals surface area contributed by atoms with Crippen molar-refractivity contribution in [3.8, 4) is 0 Å². The van der Waals surface area contributed by atoms with Crippen molar-refractivity contribution in [2.24, 2.45) is 11.8 Å². The van der Waals surface area contributed by atoms with Gasteiger partial charge in [-0.2, -0.15) is 0 Å². The van der Waals surface area contributed by atoms with E-state index in [0.29, 0.717) is 44.7 Å². The van der Waals surface area contributed by atoms with E-state index in [9.17, 15) is 18.0 Å². The molecule has 0 aliphatic carbocycles. The number of hydrogen-bond donors (Lipinski definition) is 1. The molecular formula is C15H26N2O4S. The molecule has 0 spiro atoms. The lowest BCUT2D eigenvalue weighted by Crippen LogP contribution is -2.45. The van der Waals surface area contributed by atoms with E-state index in [1.807, 2.05) is 18.7 Å². The largest absolute Gasteiger partial charge is 0.352 e. The Hall–Kier alpha value is -1.11. The van der Waals surface area contributed by atoms with E-state index in [4.69, 9.17) is 0 Å². The van der Waals surface area contributed by atoms with Gasteiger partial charge < -0.3 is 10.2 Å². The first-order valence-corrected chi connectivity index (χ1v) is 9.87. The second-order valence-corrected chi connectivity index (χ2v) is 9.09. The van der Waals surface area contributed by atoms with E-state index in [-0.39, 0.29) is 35.3 Å². The van der Waals surface area contributed by atoms with E-state index >= 15 is 0 Å². The summed E-state index contributed by atoms with van der Waals surface area (Å²) in [4.78, 5) is 26.0. The van der Waals surface area contributed by atoms with Gasteiger partial charge in [-0.3, -0.25) is 9.59 Å². The van der Waals surface area contributed by atoms with Gasteiger partial charge in [-0.25, -0.2) is 8.42 Å². The number of carbonyl (C=O) groups excluding carboxylic acids is 2. The summed E-state index contributed by atoms with van der Waals surface area (Å²) >= 11 is 0. The molecule has 0 radical (unpaired) electrons. The molecule has 0 saturated carbocycles. The standard InChI is InChI=1S/C15H26N2O4S/c1-11(2)9-14(18)17-6-3-12(4-7-17)15(19)16-13-5-8-22(20,21)10-13/h11-13H,3-10H2,1-2H3,(H,16,19). The molecule has 1 unspecified atom stereocenters. The molecule has 6 nitrogen and oxygen atoms in total. The number of amides is 2. The molecule has 2 aliphatic rings. The minimum absolute atomic E-state index is 0.0574. The van der Waals surface area contributed by atoms with Gasteiger partial charge >= 0.3 is 0 Å². The summed E-state index contributed by atoms with van der Waals surface area (Å²) < 4.78 is 22.8. The topological polar surface area (TPSA) is 83.6 Å². The highest BCUT2D eigenvalue weighted by Gasteiger charge is 2.32. The fourth-order valence-electron chi connectivity index (χ4n) is 3.10. The van der Waals surface area contributed by atoms with Gasteiger partial charge in [0, 0.05) is 31.5 Å². The van der Waals surface area contributed by atoms with Crippen molar-refractivity contribution < 1.29 is 18.0 Å². The zero-order valence-corrected chi connectivity index (χ0v) is 14.2. The molecule has 22 heavy (non-hydrogen) atoms. The van der Waals surface area contributed by atoms with E-state index in [1.165, 1.54) is 0 Å². The lowest BCUT2D eigenvalue weighted by Gasteiger charge is -2.32. The Labute approximate surface area is 132 Å². The van der Waals surface area contributed by atoms with Crippen LogP contribution in [0.3, 0.4) is 0 Å². The number of likely N-dealkylation sites (tertiary alicyclic amines) is 1. The van der Waals surface area contributed by atoms with Gasteiger partial charge in [0.1, 0.15) is 0 Å². The van der Waals surface area contributed by atoms with Gasteiger partial charge in [-0.15, -0.1) is 0 Å². The van der Waals surface area contributed by atoms with Crippen LogP contribution >= 0.6 is 0 Å². The monoisotopic (exact) mass is 330 g/mol. The molecule has 7 heteroatoms. The third kappa shape index (κ3) is 4.69. The Morgan fingerprint density at radius 1 is 1.18 bits per heavy atom. The molecular weight excluding hydrogens is 304 g/mol. The highest BCUT2D eigenvalue weighted by atomic mass is 32.2. The fraction of sp³-hybridized carbons (Fsp3) is 0.867. The van der Waals surface area contributed by atoms with Gasteiger partial charge in [-0.1, -0.05) is 13.8 Å². The number of carbonyl (C=O) groups is 2.